The third kappa shape index (κ3) is 2.68. The fourth-order valence-electron chi connectivity index (χ4n) is 1.81. The summed E-state index contributed by atoms with van der Waals surface area (Å²) in [6, 6.07) is 9.35. The SMILES string of the molecule is c1ncc(-c2ccc(CNC3CC3)cc2)cn1. The summed E-state index contributed by atoms with van der Waals surface area (Å²) in [4.78, 5) is 8.06. The predicted octanol–water partition coefficient (Wildman–Crippen LogP) is 2.40. The van der Waals surface area contributed by atoms with Crippen LogP contribution in [0.3, 0.4) is 0 Å². The van der Waals surface area contributed by atoms with Gasteiger partial charge in [0.25, 0.3) is 0 Å². The van der Waals surface area contributed by atoms with E-state index in [0.29, 0.717) is 0 Å². The molecule has 0 unspecified atom stereocenters. The molecule has 1 aliphatic rings. The van der Waals surface area contributed by atoms with Crippen LogP contribution in [0.1, 0.15) is 18.4 Å². The lowest BCUT2D eigenvalue weighted by atomic mass is 10.1. The molecule has 1 heterocycles. The average Bonchev–Trinajstić information content (AvgIpc) is 3.22. The molecule has 1 N–H and O–H groups in total. The first-order valence-electron chi connectivity index (χ1n) is 5.99. The molecule has 0 spiro atoms. The Bertz CT molecular complexity index is 475. The average molecular weight is 225 g/mol. The smallest absolute Gasteiger partial charge is 0.115 e. The van der Waals surface area contributed by atoms with Crippen molar-refractivity contribution in [2.24, 2.45) is 0 Å². The molecule has 0 saturated heterocycles. The summed E-state index contributed by atoms with van der Waals surface area (Å²) in [5, 5.41) is 3.51. The van der Waals surface area contributed by atoms with E-state index in [1.807, 2.05) is 12.4 Å². The highest BCUT2D eigenvalue weighted by molar-refractivity contribution is 5.61. The van der Waals surface area contributed by atoms with Crippen molar-refractivity contribution in [1.82, 2.24) is 15.3 Å². The molecular formula is C14H15N3. The maximum Gasteiger partial charge on any atom is 0.115 e. The molecular weight excluding hydrogens is 210 g/mol. The first kappa shape index (κ1) is 10.4. The summed E-state index contributed by atoms with van der Waals surface area (Å²) in [6.07, 6.45) is 7.89. The Morgan fingerprint density at radius 1 is 1.00 bits per heavy atom. The quantitative estimate of drug-likeness (QED) is 0.868. The molecule has 1 saturated carbocycles. The number of nitrogens with zero attached hydrogens (tertiary/aromatic N) is 2. The summed E-state index contributed by atoms with van der Waals surface area (Å²) in [5.74, 6) is 0. The van der Waals surface area contributed by atoms with Crippen molar-refractivity contribution in [3.05, 3.63) is 48.5 Å². The first-order valence-corrected chi connectivity index (χ1v) is 5.99. The van der Waals surface area contributed by atoms with Gasteiger partial charge in [-0.1, -0.05) is 24.3 Å². The normalized spacial score (nSPS) is 14.8. The Hall–Kier alpha value is -1.74. The van der Waals surface area contributed by atoms with Crippen LogP contribution in [0.4, 0.5) is 0 Å². The zero-order valence-electron chi connectivity index (χ0n) is 9.63. The molecule has 3 nitrogen and oxygen atoms in total. The summed E-state index contributed by atoms with van der Waals surface area (Å²) < 4.78 is 0. The minimum absolute atomic E-state index is 0.761. The Morgan fingerprint density at radius 3 is 2.35 bits per heavy atom. The van der Waals surface area contributed by atoms with E-state index in [4.69, 9.17) is 0 Å². The number of rotatable bonds is 4. The molecule has 0 aliphatic heterocycles. The third-order valence-corrected chi connectivity index (χ3v) is 3.02. The van der Waals surface area contributed by atoms with E-state index in [9.17, 15) is 0 Å². The lowest BCUT2D eigenvalue weighted by Crippen LogP contribution is -2.14. The van der Waals surface area contributed by atoms with Crippen LogP contribution in [-0.2, 0) is 6.54 Å². The van der Waals surface area contributed by atoms with Crippen molar-refractivity contribution in [2.45, 2.75) is 25.4 Å². The van der Waals surface area contributed by atoms with Gasteiger partial charge in [-0.15, -0.1) is 0 Å². The molecule has 1 aromatic carbocycles. The van der Waals surface area contributed by atoms with Gasteiger partial charge in [0.05, 0.1) is 0 Å². The van der Waals surface area contributed by atoms with Crippen molar-refractivity contribution >= 4 is 0 Å². The maximum atomic E-state index is 4.03. The highest BCUT2D eigenvalue weighted by Crippen LogP contribution is 2.20. The molecule has 3 heteroatoms. The molecule has 1 fully saturated rings. The first-order chi connectivity index (χ1) is 8.42. The summed E-state index contributed by atoms with van der Waals surface area (Å²) in [5.41, 5.74) is 3.56. The standard InChI is InChI=1S/C14H15N3/c1-3-12(13-8-15-10-16-9-13)4-2-11(1)7-17-14-5-6-14/h1-4,8-10,14,17H,5-7H2. The lowest BCUT2D eigenvalue weighted by molar-refractivity contribution is 0.688. The highest BCUT2D eigenvalue weighted by Gasteiger charge is 2.19. The van der Waals surface area contributed by atoms with Gasteiger partial charge in [0, 0.05) is 30.5 Å². The Morgan fingerprint density at radius 2 is 1.71 bits per heavy atom. The number of nitrogens with one attached hydrogen (secondary N) is 1. The van der Waals surface area contributed by atoms with Crippen molar-refractivity contribution in [3.63, 3.8) is 0 Å². The Balaban J connectivity index is 1.70. The summed E-state index contributed by atoms with van der Waals surface area (Å²) >= 11 is 0. The van der Waals surface area contributed by atoms with Crippen molar-refractivity contribution in [3.8, 4) is 11.1 Å². The minimum Gasteiger partial charge on any atom is -0.310 e. The van der Waals surface area contributed by atoms with Crippen LogP contribution in [0, 0.1) is 0 Å². The molecule has 1 aliphatic carbocycles. The Kier molecular flexibility index (Phi) is 2.84. The minimum atomic E-state index is 0.761. The van der Waals surface area contributed by atoms with E-state index in [1.165, 1.54) is 24.0 Å². The molecule has 86 valence electrons. The number of hydrogen-bond donors (Lipinski definition) is 1. The van der Waals surface area contributed by atoms with Gasteiger partial charge in [0.2, 0.25) is 0 Å². The second-order valence-corrected chi connectivity index (χ2v) is 4.48. The van der Waals surface area contributed by atoms with Gasteiger partial charge in [0.15, 0.2) is 0 Å². The largest absolute Gasteiger partial charge is 0.310 e. The van der Waals surface area contributed by atoms with E-state index in [0.717, 1.165) is 18.2 Å². The third-order valence-electron chi connectivity index (χ3n) is 3.02. The van der Waals surface area contributed by atoms with Gasteiger partial charge in [-0.05, 0) is 24.0 Å². The monoisotopic (exact) mass is 225 g/mol. The van der Waals surface area contributed by atoms with Crippen LogP contribution in [0.15, 0.2) is 43.0 Å². The topological polar surface area (TPSA) is 37.8 Å². The summed E-state index contributed by atoms with van der Waals surface area (Å²) in [7, 11) is 0. The summed E-state index contributed by atoms with van der Waals surface area (Å²) in [6.45, 7) is 0.968. The van der Waals surface area contributed by atoms with Gasteiger partial charge >= 0.3 is 0 Å². The van der Waals surface area contributed by atoms with Crippen LogP contribution < -0.4 is 5.32 Å². The van der Waals surface area contributed by atoms with Crippen LogP contribution in [-0.4, -0.2) is 16.0 Å². The second kappa shape index (κ2) is 4.63. The van der Waals surface area contributed by atoms with Gasteiger partial charge in [-0.2, -0.15) is 0 Å². The fraction of sp³-hybridized carbons (Fsp3) is 0.286. The van der Waals surface area contributed by atoms with E-state index in [2.05, 4.69) is 39.6 Å². The van der Waals surface area contributed by atoms with E-state index < -0.39 is 0 Å². The van der Waals surface area contributed by atoms with E-state index in [-0.39, 0.29) is 0 Å². The fourth-order valence-corrected chi connectivity index (χ4v) is 1.81. The van der Waals surface area contributed by atoms with Gasteiger partial charge in [-0.25, -0.2) is 9.97 Å². The molecule has 0 bridgehead atoms. The van der Waals surface area contributed by atoms with Crippen molar-refractivity contribution in [2.75, 3.05) is 0 Å². The number of benzene rings is 1. The zero-order valence-corrected chi connectivity index (χ0v) is 9.63. The highest BCUT2D eigenvalue weighted by atomic mass is 14.9. The number of hydrogen-bond acceptors (Lipinski definition) is 3. The van der Waals surface area contributed by atoms with E-state index >= 15 is 0 Å². The van der Waals surface area contributed by atoms with Crippen LogP contribution >= 0.6 is 0 Å². The molecule has 0 amide bonds. The zero-order chi connectivity index (χ0) is 11.5. The molecule has 0 atom stereocenters. The van der Waals surface area contributed by atoms with Gasteiger partial charge < -0.3 is 5.32 Å². The molecule has 2 aromatic rings. The predicted molar refractivity (Wildman–Crippen MR) is 67.3 cm³/mol. The van der Waals surface area contributed by atoms with Crippen LogP contribution in [0.5, 0.6) is 0 Å². The second-order valence-electron chi connectivity index (χ2n) is 4.48. The maximum absolute atomic E-state index is 4.03. The number of aromatic nitrogens is 2. The van der Waals surface area contributed by atoms with Crippen LogP contribution in [0.2, 0.25) is 0 Å². The van der Waals surface area contributed by atoms with Crippen molar-refractivity contribution < 1.29 is 0 Å². The molecule has 1 aromatic heterocycles. The van der Waals surface area contributed by atoms with Crippen molar-refractivity contribution in [1.29, 1.82) is 0 Å². The lowest BCUT2D eigenvalue weighted by Gasteiger charge is -2.05. The molecule has 0 radical (unpaired) electrons. The van der Waals surface area contributed by atoms with Crippen LogP contribution in [0.25, 0.3) is 11.1 Å². The van der Waals surface area contributed by atoms with Gasteiger partial charge in [-0.3, -0.25) is 0 Å². The Labute approximate surface area is 101 Å². The molecule has 17 heavy (non-hydrogen) atoms. The molecule has 3 rings (SSSR count). The van der Waals surface area contributed by atoms with Gasteiger partial charge in [0.1, 0.15) is 6.33 Å². The van der Waals surface area contributed by atoms with E-state index in [1.54, 1.807) is 6.33 Å².